The van der Waals surface area contributed by atoms with E-state index in [1.54, 1.807) is 0 Å². The normalized spacial score (nSPS) is 22.0. The van der Waals surface area contributed by atoms with E-state index in [1.807, 2.05) is 13.8 Å². The Labute approximate surface area is 103 Å². The molecule has 0 heterocycles. The molecule has 1 atom stereocenters. The van der Waals surface area contributed by atoms with E-state index in [2.05, 4.69) is 19.2 Å². The molecule has 0 spiro atoms. The fourth-order valence-corrected chi connectivity index (χ4v) is 2.27. The number of rotatable bonds is 6. The number of nitrogens with one attached hydrogen (secondary N) is 1. The second-order valence-electron chi connectivity index (χ2n) is 5.79. The topological polar surface area (TPSA) is 66.4 Å². The molecule has 0 aromatic rings. The van der Waals surface area contributed by atoms with Crippen LogP contribution in [0.15, 0.2) is 0 Å². The molecule has 0 aliphatic heterocycles. The first-order valence-corrected chi connectivity index (χ1v) is 6.30. The van der Waals surface area contributed by atoms with Gasteiger partial charge in [-0.15, -0.1) is 0 Å². The van der Waals surface area contributed by atoms with Gasteiger partial charge in [0.2, 0.25) is 5.91 Å². The van der Waals surface area contributed by atoms with Crippen molar-refractivity contribution >= 4 is 11.9 Å². The van der Waals surface area contributed by atoms with Gasteiger partial charge in [0, 0.05) is 11.5 Å². The highest BCUT2D eigenvalue weighted by Gasteiger charge is 2.51. The summed E-state index contributed by atoms with van der Waals surface area (Å²) in [5.41, 5.74) is -0.498. The van der Waals surface area contributed by atoms with Gasteiger partial charge in [0.15, 0.2) is 0 Å². The van der Waals surface area contributed by atoms with Gasteiger partial charge < -0.3 is 10.4 Å². The van der Waals surface area contributed by atoms with Gasteiger partial charge in [-0.25, -0.2) is 0 Å². The van der Waals surface area contributed by atoms with Crippen molar-refractivity contribution in [2.45, 2.75) is 58.9 Å². The number of carbonyl (C=O) groups is 2. The molecule has 1 saturated carbocycles. The van der Waals surface area contributed by atoms with Gasteiger partial charge >= 0.3 is 5.97 Å². The number of amides is 1. The lowest BCUT2D eigenvalue weighted by Crippen LogP contribution is -2.50. The SMILES string of the molecule is CCC(CC)(CC(=O)O)NC(=O)C1CC1(C)C. The zero-order valence-electron chi connectivity index (χ0n) is 11.2. The van der Waals surface area contributed by atoms with Crippen LogP contribution in [0.2, 0.25) is 0 Å². The molecular weight excluding hydrogens is 218 g/mol. The molecule has 0 radical (unpaired) electrons. The maximum atomic E-state index is 12.0. The predicted octanol–water partition coefficient (Wildman–Crippen LogP) is 2.18. The van der Waals surface area contributed by atoms with Crippen LogP contribution in [0.1, 0.15) is 53.4 Å². The minimum atomic E-state index is -0.857. The molecule has 1 amide bonds. The van der Waals surface area contributed by atoms with Crippen LogP contribution in [0.25, 0.3) is 0 Å². The third-order valence-electron chi connectivity index (χ3n) is 4.06. The molecule has 17 heavy (non-hydrogen) atoms. The fraction of sp³-hybridized carbons (Fsp3) is 0.846. The highest BCUT2D eigenvalue weighted by Crippen LogP contribution is 2.51. The van der Waals surface area contributed by atoms with Crippen molar-refractivity contribution in [3.63, 3.8) is 0 Å². The summed E-state index contributed by atoms with van der Waals surface area (Å²) in [6, 6.07) is 0. The van der Waals surface area contributed by atoms with Crippen LogP contribution in [0.5, 0.6) is 0 Å². The lowest BCUT2D eigenvalue weighted by molar-refractivity contribution is -0.139. The zero-order valence-corrected chi connectivity index (χ0v) is 11.2. The third kappa shape index (κ3) is 3.20. The van der Waals surface area contributed by atoms with Crippen molar-refractivity contribution in [1.29, 1.82) is 0 Å². The number of hydrogen-bond acceptors (Lipinski definition) is 2. The average Bonchev–Trinajstić information content (AvgIpc) is 2.86. The summed E-state index contributed by atoms with van der Waals surface area (Å²) in [5, 5.41) is 11.9. The Bertz CT molecular complexity index is 319. The molecule has 1 unspecified atom stereocenters. The molecule has 4 heteroatoms. The predicted molar refractivity (Wildman–Crippen MR) is 65.6 cm³/mol. The van der Waals surface area contributed by atoms with Gasteiger partial charge in [0.25, 0.3) is 0 Å². The van der Waals surface area contributed by atoms with E-state index in [4.69, 9.17) is 5.11 Å². The summed E-state index contributed by atoms with van der Waals surface area (Å²) in [6.07, 6.45) is 2.19. The quantitative estimate of drug-likeness (QED) is 0.749. The van der Waals surface area contributed by atoms with E-state index >= 15 is 0 Å². The maximum Gasteiger partial charge on any atom is 0.305 e. The Kier molecular flexibility index (Phi) is 3.84. The summed E-state index contributed by atoms with van der Waals surface area (Å²) < 4.78 is 0. The Morgan fingerprint density at radius 2 is 1.82 bits per heavy atom. The summed E-state index contributed by atoms with van der Waals surface area (Å²) in [4.78, 5) is 22.9. The molecule has 4 nitrogen and oxygen atoms in total. The highest BCUT2D eigenvalue weighted by molar-refractivity contribution is 5.83. The molecule has 1 aliphatic rings. The highest BCUT2D eigenvalue weighted by atomic mass is 16.4. The first-order chi connectivity index (χ1) is 7.76. The Morgan fingerprint density at radius 3 is 2.12 bits per heavy atom. The van der Waals surface area contributed by atoms with Gasteiger partial charge in [-0.3, -0.25) is 9.59 Å². The number of carboxylic acids is 1. The molecule has 0 saturated heterocycles. The van der Waals surface area contributed by atoms with E-state index in [0.29, 0.717) is 12.8 Å². The standard InChI is InChI=1S/C13H23NO3/c1-5-13(6-2,8-10(15)16)14-11(17)9-7-12(9,3)4/h9H,5-8H2,1-4H3,(H,14,17)(H,15,16). The molecule has 2 N–H and O–H groups in total. The van der Waals surface area contributed by atoms with Crippen molar-refractivity contribution in [2.75, 3.05) is 0 Å². The van der Waals surface area contributed by atoms with E-state index in [-0.39, 0.29) is 23.7 Å². The van der Waals surface area contributed by atoms with Gasteiger partial charge in [0.1, 0.15) is 0 Å². The monoisotopic (exact) mass is 241 g/mol. The summed E-state index contributed by atoms with van der Waals surface area (Å²) >= 11 is 0. The smallest absolute Gasteiger partial charge is 0.305 e. The lowest BCUT2D eigenvalue weighted by Gasteiger charge is -2.31. The van der Waals surface area contributed by atoms with Crippen molar-refractivity contribution in [3.05, 3.63) is 0 Å². The van der Waals surface area contributed by atoms with Crippen LogP contribution in [0.3, 0.4) is 0 Å². The fourth-order valence-electron chi connectivity index (χ4n) is 2.27. The Balaban J connectivity index is 2.67. The number of carboxylic acid groups (broad SMARTS) is 1. The molecule has 0 aromatic carbocycles. The third-order valence-corrected chi connectivity index (χ3v) is 4.06. The second-order valence-corrected chi connectivity index (χ2v) is 5.79. The molecule has 1 aliphatic carbocycles. The summed E-state index contributed by atoms with van der Waals surface area (Å²) in [6.45, 7) is 7.97. The van der Waals surface area contributed by atoms with Crippen LogP contribution in [0.4, 0.5) is 0 Å². The van der Waals surface area contributed by atoms with E-state index in [1.165, 1.54) is 0 Å². The molecular formula is C13H23NO3. The van der Waals surface area contributed by atoms with Crippen LogP contribution < -0.4 is 5.32 Å². The molecule has 1 fully saturated rings. The van der Waals surface area contributed by atoms with Crippen LogP contribution in [0, 0.1) is 11.3 Å². The minimum absolute atomic E-state index is 0.00110. The number of hydrogen-bond donors (Lipinski definition) is 2. The van der Waals surface area contributed by atoms with Gasteiger partial charge in [-0.2, -0.15) is 0 Å². The van der Waals surface area contributed by atoms with Crippen LogP contribution in [-0.4, -0.2) is 22.5 Å². The van der Waals surface area contributed by atoms with Crippen LogP contribution >= 0.6 is 0 Å². The molecule has 0 bridgehead atoms. The van der Waals surface area contributed by atoms with Crippen molar-refractivity contribution in [2.24, 2.45) is 11.3 Å². The van der Waals surface area contributed by atoms with E-state index < -0.39 is 11.5 Å². The molecule has 1 rings (SSSR count). The first kappa shape index (κ1) is 14.0. The lowest BCUT2D eigenvalue weighted by atomic mass is 9.88. The van der Waals surface area contributed by atoms with Crippen molar-refractivity contribution in [3.8, 4) is 0 Å². The summed E-state index contributed by atoms with van der Waals surface area (Å²) in [5.74, 6) is -0.794. The maximum absolute atomic E-state index is 12.0. The molecule has 98 valence electrons. The summed E-state index contributed by atoms with van der Waals surface area (Å²) in [7, 11) is 0. The minimum Gasteiger partial charge on any atom is -0.481 e. The number of carbonyl (C=O) groups excluding carboxylic acids is 1. The average molecular weight is 241 g/mol. The van der Waals surface area contributed by atoms with Gasteiger partial charge in [0.05, 0.1) is 6.42 Å². The van der Waals surface area contributed by atoms with Crippen molar-refractivity contribution in [1.82, 2.24) is 5.32 Å². The van der Waals surface area contributed by atoms with Crippen molar-refractivity contribution < 1.29 is 14.7 Å². The van der Waals surface area contributed by atoms with E-state index in [9.17, 15) is 9.59 Å². The van der Waals surface area contributed by atoms with E-state index in [0.717, 1.165) is 6.42 Å². The van der Waals surface area contributed by atoms with Crippen LogP contribution in [-0.2, 0) is 9.59 Å². The molecule has 0 aromatic heterocycles. The van der Waals surface area contributed by atoms with Gasteiger partial charge in [-0.1, -0.05) is 27.7 Å². The first-order valence-electron chi connectivity index (χ1n) is 6.30. The van der Waals surface area contributed by atoms with Gasteiger partial charge in [-0.05, 0) is 24.7 Å². The Hall–Kier alpha value is -1.06. The second kappa shape index (κ2) is 4.67. The largest absolute Gasteiger partial charge is 0.481 e. The zero-order chi connectivity index (χ0) is 13.3. The number of aliphatic carboxylic acids is 1. The Morgan fingerprint density at radius 1 is 1.35 bits per heavy atom.